The predicted octanol–water partition coefficient (Wildman–Crippen LogP) is 0.777. The zero-order chi connectivity index (χ0) is 17.3. The number of benzene rings is 1. The summed E-state index contributed by atoms with van der Waals surface area (Å²) >= 11 is 0. The van der Waals surface area contributed by atoms with E-state index >= 15 is 0 Å². The first-order chi connectivity index (χ1) is 10.9. The lowest BCUT2D eigenvalue weighted by molar-refractivity contribution is -0.122. The van der Waals surface area contributed by atoms with E-state index in [9.17, 15) is 13.2 Å². The van der Waals surface area contributed by atoms with E-state index in [0.717, 1.165) is 12.0 Å². The summed E-state index contributed by atoms with van der Waals surface area (Å²) in [5.74, 6) is -0.204. The Morgan fingerprint density at radius 3 is 2.46 bits per heavy atom. The average molecular weight is 380 g/mol. The maximum absolute atomic E-state index is 12.0. The van der Waals surface area contributed by atoms with Crippen molar-refractivity contribution in [3.05, 3.63) is 29.8 Å². The minimum absolute atomic E-state index is 0. The van der Waals surface area contributed by atoms with Gasteiger partial charge in [-0.1, -0.05) is 25.5 Å². The lowest BCUT2D eigenvalue weighted by atomic mass is 10.1. The number of hydrogen-bond acceptors (Lipinski definition) is 5. The fourth-order valence-electron chi connectivity index (χ4n) is 1.91. The van der Waals surface area contributed by atoms with Crippen molar-refractivity contribution in [1.29, 1.82) is 0 Å². The third-order valence-corrected chi connectivity index (χ3v) is 4.71. The van der Waals surface area contributed by atoms with Crippen LogP contribution in [0.5, 0.6) is 0 Å². The van der Waals surface area contributed by atoms with Crippen LogP contribution < -0.4 is 15.8 Å². The van der Waals surface area contributed by atoms with Gasteiger partial charge in [-0.05, 0) is 24.1 Å². The summed E-state index contributed by atoms with van der Waals surface area (Å²) in [6.07, 6.45) is 1.48. The van der Waals surface area contributed by atoms with Crippen molar-refractivity contribution in [3.63, 3.8) is 0 Å². The number of sulfonamides is 1. The number of methoxy groups -OCH3 is 1. The van der Waals surface area contributed by atoms with E-state index in [1.165, 1.54) is 19.2 Å². The third kappa shape index (κ3) is 7.59. The molecule has 1 rings (SSSR count). The highest BCUT2D eigenvalue weighted by Gasteiger charge is 2.14. The monoisotopic (exact) mass is 379 g/mol. The van der Waals surface area contributed by atoms with Gasteiger partial charge in [-0.25, -0.2) is 13.1 Å². The van der Waals surface area contributed by atoms with Crippen LogP contribution in [0.1, 0.15) is 25.3 Å². The molecule has 9 heteroatoms. The van der Waals surface area contributed by atoms with Crippen molar-refractivity contribution in [2.45, 2.75) is 37.2 Å². The van der Waals surface area contributed by atoms with Gasteiger partial charge in [-0.3, -0.25) is 4.79 Å². The van der Waals surface area contributed by atoms with Gasteiger partial charge in [-0.15, -0.1) is 12.4 Å². The molecule has 0 radical (unpaired) electrons. The first-order valence-corrected chi connectivity index (χ1v) is 9.00. The minimum Gasteiger partial charge on any atom is -0.383 e. The summed E-state index contributed by atoms with van der Waals surface area (Å²) in [7, 11) is -2.03. The van der Waals surface area contributed by atoms with Gasteiger partial charge >= 0.3 is 0 Å². The quantitative estimate of drug-likeness (QED) is 0.520. The van der Waals surface area contributed by atoms with Crippen molar-refractivity contribution in [1.82, 2.24) is 10.0 Å². The van der Waals surface area contributed by atoms with Gasteiger partial charge in [0.25, 0.3) is 0 Å². The number of carbonyl (C=O) groups excluding carboxylic acids is 1. The molecule has 0 aliphatic rings. The molecule has 1 aromatic carbocycles. The first kappa shape index (κ1) is 22.8. The van der Waals surface area contributed by atoms with Crippen molar-refractivity contribution < 1.29 is 17.9 Å². The molecule has 1 aromatic rings. The summed E-state index contributed by atoms with van der Waals surface area (Å²) in [6, 6.07) is 5.82. The van der Waals surface area contributed by atoms with Crippen LogP contribution in [0.15, 0.2) is 29.2 Å². The summed E-state index contributed by atoms with van der Waals surface area (Å²) in [6.45, 7) is 2.80. The largest absolute Gasteiger partial charge is 0.383 e. The van der Waals surface area contributed by atoms with Gasteiger partial charge in [0, 0.05) is 20.2 Å². The Morgan fingerprint density at radius 1 is 1.29 bits per heavy atom. The highest BCUT2D eigenvalue weighted by molar-refractivity contribution is 7.89. The number of nitrogens with one attached hydrogen (secondary N) is 2. The van der Waals surface area contributed by atoms with E-state index in [2.05, 4.69) is 10.0 Å². The standard InChI is InChI=1S/C15H25N3O4S.ClH/c1-3-4-14(16)15(19)17-11-12-5-7-13(8-6-12)23(20,21)18-9-10-22-2;/h5-8,14,18H,3-4,9-11,16H2,1-2H3,(H,17,19);1H. The number of ether oxygens (including phenoxy) is 1. The van der Waals surface area contributed by atoms with Gasteiger partial charge in [-0.2, -0.15) is 0 Å². The zero-order valence-corrected chi connectivity index (χ0v) is 15.6. The molecule has 0 heterocycles. The third-order valence-electron chi connectivity index (χ3n) is 3.24. The van der Waals surface area contributed by atoms with Gasteiger partial charge < -0.3 is 15.8 Å². The second kappa shape index (κ2) is 11.4. The van der Waals surface area contributed by atoms with Gasteiger partial charge in [0.05, 0.1) is 17.5 Å². The Balaban J connectivity index is 0.00000529. The maximum Gasteiger partial charge on any atom is 0.240 e. The molecule has 1 unspecified atom stereocenters. The SMILES string of the molecule is CCCC(N)C(=O)NCc1ccc(S(=O)(=O)NCCOC)cc1.Cl. The highest BCUT2D eigenvalue weighted by atomic mass is 35.5. The predicted molar refractivity (Wildman–Crippen MR) is 95.5 cm³/mol. The molecule has 0 saturated heterocycles. The Morgan fingerprint density at radius 2 is 1.92 bits per heavy atom. The van der Waals surface area contributed by atoms with Crippen molar-refractivity contribution in [3.8, 4) is 0 Å². The highest BCUT2D eigenvalue weighted by Crippen LogP contribution is 2.10. The van der Waals surface area contributed by atoms with Crippen molar-refractivity contribution in [2.24, 2.45) is 5.73 Å². The normalized spacial score (nSPS) is 12.3. The lowest BCUT2D eigenvalue weighted by Crippen LogP contribution is -2.40. The first-order valence-electron chi connectivity index (χ1n) is 7.51. The van der Waals surface area contributed by atoms with Crippen LogP contribution in [0.3, 0.4) is 0 Å². The summed E-state index contributed by atoms with van der Waals surface area (Å²) < 4.78 is 31.2. The number of amides is 1. The van der Waals surface area contributed by atoms with E-state index in [4.69, 9.17) is 10.5 Å². The number of hydrogen-bond donors (Lipinski definition) is 3. The maximum atomic E-state index is 12.0. The summed E-state index contributed by atoms with van der Waals surface area (Å²) in [5, 5.41) is 2.74. The molecule has 1 amide bonds. The minimum atomic E-state index is -3.54. The second-order valence-electron chi connectivity index (χ2n) is 5.15. The van der Waals surface area contributed by atoms with Crippen molar-refractivity contribution in [2.75, 3.05) is 20.3 Å². The van der Waals surface area contributed by atoms with Crippen molar-refractivity contribution >= 4 is 28.3 Å². The Hall–Kier alpha value is -1.19. The fourth-order valence-corrected chi connectivity index (χ4v) is 2.92. The molecular formula is C15H26ClN3O4S. The molecule has 0 aliphatic heterocycles. The van der Waals surface area contributed by atoms with Crippen LogP contribution in [0.4, 0.5) is 0 Å². The average Bonchev–Trinajstić information content (AvgIpc) is 2.53. The number of carbonyl (C=O) groups is 1. The molecule has 1 atom stereocenters. The fraction of sp³-hybridized carbons (Fsp3) is 0.533. The van der Waals surface area contributed by atoms with Gasteiger partial charge in [0.1, 0.15) is 0 Å². The molecule has 4 N–H and O–H groups in total. The Kier molecular flexibility index (Phi) is 10.8. The van der Waals surface area contributed by atoms with E-state index in [0.29, 0.717) is 19.6 Å². The van der Waals surface area contributed by atoms with Crippen LogP contribution in [-0.4, -0.2) is 40.6 Å². The van der Waals surface area contributed by atoms with Crippen LogP contribution in [0.25, 0.3) is 0 Å². The molecule has 0 saturated carbocycles. The topological polar surface area (TPSA) is 111 Å². The van der Waals surface area contributed by atoms with Crippen LogP contribution in [-0.2, 0) is 26.1 Å². The molecule has 138 valence electrons. The van der Waals surface area contributed by atoms with Gasteiger partial charge in [0.2, 0.25) is 15.9 Å². The molecule has 0 aromatic heterocycles. The van der Waals surface area contributed by atoms with E-state index < -0.39 is 16.1 Å². The molecular weight excluding hydrogens is 354 g/mol. The number of rotatable bonds is 10. The van der Waals surface area contributed by atoms with Crippen LogP contribution >= 0.6 is 12.4 Å². The summed E-state index contributed by atoms with van der Waals surface area (Å²) in [4.78, 5) is 11.9. The van der Waals surface area contributed by atoms with Gasteiger partial charge in [0.15, 0.2) is 0 Å². The Bertz CT molecular complexity index is 593. The van der Waals surface area contributed by atoms with E-state index in [1.807, 2.05) is 6.92 Å². The number of halogens is 1. The lowest BCUT2D eigenvalue weighted by Gasteiger charge is -2.11. The number of nitrogens with two attached hydrogens (primary N) is 1. The summed E-state index contributed by atoms with van der Waals surface area (Å²) in [5.41, 5.74) is 6.52. The zero-order valence-electron chi connectivity index (χ0n) is 13.9. The molecule has 24 heavy (non-hydrogen) atoms. The molecule has 0 spiro atoms. The van der Waals surface area contributed by atoms with Crippen LogP contribution in [0.2, 0.25) is 0 Å². The van der Waals surface area contributed by atoms with E-state index in [1.54, 1.807) is 12.1 Å². The molecule has 0 fully saturated rings. The Labute approximate surface area is 149 Å². The molecule has 0 bridgehead atoms. The molecule has 0 aliphatic carbocycles. The molecule has 7 nitrogen and oxygen atoms in total. The smallest absolute Gasteiger partial charge is 0.240 e. The van der Waals surface area contributed by atoms with E-state index in [-0.39, 0.29) is 29.8 Å². The second-order valence-corrected chi connectivity index (χ2v) is 6.91. The van der Waals surface area contributed by atoms with Crippen LogP contribution in [0, 0.1) is 0 Å².